The topological polar surface area (TPSA) is 64.6 Å². The number of hydrogen-bond acceptors (Lipinski definition) is 4. The predicted octanol–water partition coefficient (Wildman–Crippen LogP) is 3.93. The van der Waals surface area contributed by atoms with Crippen molar-refractivity contribution in [3.63, 3.8) is 0 Å². The van der Waals surface area contributed by atoms with E-state index in [2.05, 4.69) is 5.32 Å². The van der Waals surface area contributed by atoms with Gasteiger partial charge in [0.15, 0.2) is 6.10 Å². The minimum Gasteiger partial charge on any atom is -0.495 e. The second kappa shape index (κ2) is 8.89. The second-order valence-electron chi connectivity index (χ2n) is 5.16. The third kappa shape index (κ3) is 5.65. The fourth-order valence-electron chi connectivity index (χ4n) is 2.02. The van der Waals surface area contributed by atoms with E-state index in [9.17, 15) is 9.59 Å². The maximum Gasteiger partial charge on any atom is 0.331 e. The van der Waals surface area contributed by atoms with Crippen LogP contribution in [0.3, 0.4) is 0 Å². The van der Waals surface area contributed by atoms with E-state index in [1.54, 1.807) is 54.6 Å². The van der Waals surface area contributed by atoms with E-state index >= 15 is 0 Å². The highest BCUT2D eigenvalue weighted by Crippen LogP contribution is 2.23. The largest absolute Gasteiger partial charge is 0.495 e. The fourth-order valence-corrected chi connectivity index (χ4v) is 2.22. The molecular formula is C19H18ClNO4. The Morgan fingerprint density at radius 2 is 1.92 bits per heavy atom. The summed E-state index contributed by atoms with van der Waals surface area (Å²) < 4.78 is 10.3. The Kier molecular flexibility index (Phi) is 6.60. The summed E-state index contributed by atoms with van der Waals surface area (Å²) in [4.78, 5) is 24.0. The minimum absolute atomic E-state index is 0.450. The normalized spacial score (nSPS) is 11.8. The molecule has 1 N–H and O–H groups in total. The van der Waals surface area contributed by atoms with Crippen LogP contribution in [0, 0.1) is 0 Å². The van der Waals surface area contributed by atoms with Gasteiger partial charge in [-0.25, -0.2) is 4.79 Å². The van der Waals surface area contributed by atoms with Crippen LogP contribution in [0.15, 0.2) is 54.6 Å². The van der Waals surface area contributed by atoms with Crippen molar-refractivity contribution in [3.05, 3.63) is 65.2 Å². The van der Waals surface area contributed by atoms with E-state index in [1.165, 1.54) is 20.1 Å². The van der Waals surface area contributed by atoms with E-state index in [0.717, 1.165) is 5.56 Å². The zero-order chi connectivity index (χ0) is 18.2. The number of ether oxygens (including phenoxy) is 2. The number of nitrogens with one attached hydrogen (secondary N) is 1. The molecule has 1 atom stereocenters. The van der Waals surface area contributed by atoms with E-state index in [-0.39, 0.29) is 0 Å². The lowest BCUT2D eigenvalue weighted by Gasteiger charge is -2.14. The SMILES string of the molecule is COc1ccccc1NC(=O)[C@@H](C)OC(=O)/C=C/c1cccc(Cl)c1. The number of hydrogen-bond donors (Lipinski definition) is 1. The van der Waals surface area contributed by atoms with Gasteiger partial charge in [0.05, 0.1) is 12.8 Å². The van der Waals surface area contributed by atoms with Crippen LogP contribution in [0.25, 0.3) is 6.08 Å². The van der Waals surface area contributed by atoms with Gasteiger partial charge in [0.25, 0.3) is 5.91 Å². The highest BCUT2D eigenvalue weighted by Gasteiger charge is 2.18. The molecule has 25 heavy (non-hydrogen) atoms. The van der Waals surface area contributed by atoms with Crippen LogP contribution in [0.4, 0.5) is 5.69 Å². The van der Waals surface area contributed by atoms with Crippen molar-refractivity contribution in [1.29, 1.82) is 0 Å². The third-order valence-electron chi connectivity index (χ3n) is 3.29. The highest BCUT2D eigenvalue weighted by molar-refractivity contribution is 6.30. The number of methoxy groups -OCH3 is 1. The summed E-state index contributed by atoms with van der Waals surface area (Å²) in [5, 5.41) is 3.23. The van der Waals surface area contributed by atoms with Crippen LogP contribution in [0.1, 0.15) is 12.5 Å². The van der Waals surface area contributed by atoms with Crippen molar-refractivity contribution in [2.45, 2.75) is 13.0 Å². The average molecular weight is 360 g/mol. The lowest BCUT2D eigenvalue weighted by molar-refractivity contribution is -0.148. The standard InChI is InChI=1S/C19H18ClNO4/c1-13(19(23)21-16-8-3-4-9-17(16)24-2)25-18(22)11-10-14-6-5-7-15(20)12-14/h3-13H,1-2H3,(H,21,23)/b11-10+/t13-/m1/s1. The second-order valence-corrected chi connectivity index (χ2v) is 5.59. The number of esters is 1. The fraction of sp³-hybridized carbons (Fsp3) is 0.158. The Morgan fingerprint density at radius 3 is 2.64 bits per heavy atom. The van der Waals surface area contributed by atoms with Gasteiger partial charge in [-0.3, -0.25) is 4.79 Å². The summed E-state index contributed by atoms with van der Waals surface area (Å²) in [5.41, 5.74) is 1.27. The maximum absolute atomic E-state index is 12.1. The Balaban J connectivity index is 1.93. The van der Waals surface area contributed by atoms with Crippen molar-refractivity contribution in [1.82, 2.24) is 0 Å². The average Bonchev–Trinajstić information content (AvgIpc) is 2.60. The highest BCUT2D eigenvalue weighted by atomic mass is 35.5. The minimum atomic E-state index is -0.957. The van der Waals surface area contributed by atoms with Gasteiger partial charge in [0, 0.05) is 11.1 Å². The first-order chi connectivity index (χ1) is 12.0. The molecule has 0 radical (unpaired) electrons. The van der Waals surface area contributed by atoms with Crippen LogP contribution >= 0.6 is 11.6 Å². The van der Waals surface area contributed by atoms with E-state index in [4.69, 9.17) is 21.1 Å². The molecule has 130 valence electrons. The van der Waals surface area contributed by atoms with Gasteiger partial charge in [-0.15, -0.1) is 0 Å². The number of anilines is 1. The molecule has 0 bridgehead atoms. The molecular weight excluding hydrogens is 342 g/mol. The zero-order valence-corrected chi connectivity index (χ0v) is 14.6. The molecule has 5 nitrogen and oxygen atoms in total. The van der Waals surface area contributed by atoms with Crippen molar-refractivity contribution in [2.24, 2.45) is 0 Å². The molecule has 0 fully saturated rings. The Labute approximate surface area is 151 Å². The molecule has 0 saturated carbocycles. The molecule has 2 aromatic carbocycles. The molecule has 6 heteroatoms. The molecule has 2 aromatic rings. The predicted molar refractivity (Wildman–Crippen MR) is 97.7 cm³/mol. The van der Waals surface area contributed by atoms with E-state index in [1.807, 2.05) is 0 Å². The van der Waals surface area contributed by atoms with Crippen molar-refractivity contribution in [3.8, 4) is 5.75 Å². The Hall–Kier alpha value is -2.79. The van der Waals surface area contributed by atoms with Crippen LogP contribution in [-0.4, -0.2) is 25.1 Å². The van der Waals surface area contributed by atoms with Crippen LogP contribution in [0.2, 0.25) is 5.02 Å². The molecule has 2 rings (SSSR count). The summed E-state index contributed by atoms with van der Waals surface area (Å²) in [6, 6.07) is 14.0. The third-order valence-corrected chi connectivity index (χ3v) is 3.52. The first kappa shape index (κ1) is 18.5. The van der Waals surface area contributed by atoms with Gasteiger partial charge in [0.2, 0.25) is 0 Å². The first-order valence-corrected chi connectivity index (χ1v) is 7.95. The van der Waals surface area contributed by atoms with Gasteiger partial charge < -0.3 is 14.8 Å². The van der Waals surface area contributed by atoms with Crippen LogP contribution in [0.5, 0.6) is 5.75 Å². The van der Waals surface area contributed by atoms with Gasteiger partial charge in [0.1, 0.15) is 5.75 Å². The molecule has 0 saturated heterocycles. The molecule has 0 aliphatic rings. The quantitative estimate of drug-likeness (QED) is 0.627. The number of benzene rings is 2. The van der Waals surface area contributed by atoms with E-state index < -0.39 is 18.0 Å². The van der Waals surface area contributed by atoms with Crippen molar-refractivity contribution >= 4 is 35.2 Å². The van der Waals surface area contributed by atoms with Gasteiger partial charge in [-0.05, 0) is 42.8 Å². The summed E-state index contributed by atoms with van der Waals surface area (Å²) in [6.07, 6.45) is 1.86. The van der Waals surface area contributed by atoms with E-state index in [0.29, 0.717) is 16.5 Å². The summed E-state index contributed by atoms with van der Waals surface area (Å²) >= 11 is 5.87. The Morgan fingerprint density at radius 1 is 1.16 bits per heavy atom. The van der Waals surface area contributed by atoms with Crippen LogP contribution < -0.4 is 10.1 Å². The number of halogens is 1. The number of amides is 1. The van der Waals surface area contributed by atoms with Crippen LogP contribution in [-0.2, 0) is 14.3 Å². The molecule has 0 heterocycles. The smallest absolute Gasteiger partial charge is 0.331 e. The van der Waals surface area contributed by atoms with Gasteiger partial charge in [-0.2, -0.15) is 0 Å². The molecule has 0 spiro atoms. The molecule has 0 aliphatic heterocycles. The van der Waals surface area contributed by atoms with Crippen molar-refractivity contribution < 1.29 is 19.1 Å². The summed E-state index contributed by atoms with van der Waals surface area (Å²) in [7, 11) is 1.51. The first-order valence-electron chi connectivity index (χ1n) is 7.57. The van der Waals surface area contributed by atoms with Gasteiger partial charge >= 0.3 is 5.97 Å². The number of para-hydroxylation sites is 2. The lowest BCUT2D eigenvalue weighted by atomic mass is 10.2. The lowest BCUT2D eigenvalue weighted by Crippen LogP contribution is -2.29. The zero-order valence-electron chi connectivity index (χ0n) is 13.9. The molecule has 0 aromatic heterocycles. The molecule has 0 unspecified atom stereocenters. The summed E-state index contributed by atoms with van der Waals surface area (Å²) in [5.74, 6) is -0.549. The summed E-state index contributed by atoms with van der Waals surface area (Å²) in [6.45, 7) is 1.50. The number of carbonyl (C=O) groups is 2. The number of rotatable bonds is 6. The van der Waals surface area contributed by atoms with Crippen molar-refractivity contribution in [2.75, 3.05) is 12.4 Å². The van der Waals surface area contributed by atoms with Gasteiger partial charge in [-0.1, -0.05) is 35.9 Å². The number of carbonyl (C=O) groups excluding carboxylic acids is 2. The molecule has 0 aliphatic carbocycles. The maximum atomic E-state index is 12.1. The molecule has 1 amide bonds. The monoisotopic (exact) mass is 359 g/mol. The Bertz CT molecular complexity index is 788.